The van der Waals surface area contributed by atoms with Gasteiger partial charge in [0.15, 0.2) is 0 Å². The molecule has 1 aliphatic heterocycles. The van der Waals surface area contributed by atoms with E-state index in [1.54, 1.807) is 25.1 Å². The Balaban J connectivity index is 2.42. The number of nitro groups is 1. The number of likely N-dealkylation sites (N-methyl/N-ethyl adjacent to an activating group) is 1. The van der Waals surface area contributed by atoms with E-state index in [2.05, 4.69) is 15.6 Å². The summed E-state index contributed by atoms with van der Waals surface area (Å²) in [6, 6.07) is 0.980. The van der Waals surface area contributed by atoms with Gasteiger partial charge in [0.05, 0.1) is 4.92 Å². The highest BCUT2D eigenvalue weighted by atomic mass is 16.6. The number of anilines is 1. The minimum atomic E-state index is -0.498. The standard InChI is InChI=1S/C12H17N5O3/c1-8-5-9(17(19)20)11(15-6-8)16-4-3-14-7-10(16)12(18)13-2/h5-6,10,14H,3-4,7H2,1-2H3,(H,13,18). The van der Waals surface area contributed by atoms with Crippen molar-refractivity contribution < 1.29 is 9.72 Å². The van der Waals surface area contributed by atoms with E-state index < -0.39 is 11.0 Å². The number of carbonyl (C=O) groups excluding carboxylic acids is 1. The number of carbonyl (C=O) groups is 1. The topological polar surface area (TPSA) is 100 Å². The number of pyridine rings is 1. The molecule has 20 heavy (non-hydrogen) atoms. The Bertz CT molecular complexity index is 534. The van der Waals surface area contributed by atoms with Gasteiger partial charge in [-0.2, -0.15) is 0 Å². The zero-order valence-corrected chi connectivity index (χ0v) is 11.4. The molecule has 1 aliphatic rings. The Morgan fingerprint density at radius 2 is 2.40 bits per heavy atom. The summed E-state index contributed by atoms with van der Waals surface area (Å²) in [5.41, 5.74) is 0.646. The van der Waals surface area contributed by atoms with E-state index in [0.717, 1.165) is 0 Å². The van der Waals surface area contributed by atoms with E-state index in [-0.39, 0.29) is 17.4 Å². The van der Waals surface area contributed by atoms with Crippen molar-refractivity contribution >= 4 is 17.4 Å². The number of hydrogen-bond donors (Lipinski definition) is 2. The fourth-order valence-corrected chi connectivity index (χ4v) is 2.26. The molecule has 8 nitrogen and oxygen atoms in total. The first-order valence-corrected chi connectivity index (χ1v) is 6.34. The fourth-order valence-electron chi connectivity index (χ4n) is 2.26. The van der Waals surface area contributed by atoms with Crippen LogP contribution in [0.5, 0.6) is 0 Å². The molecule has 108 valence electrons. The predicted molar refractivity (Wildman–Crippen MR) is 73.7 cm³/mol. The second kappa shape index (κ2) is 5.83. The van der Waals surface area contributed by atoms with Crippen LogP contribution >= 0.6 is 0 Å². The second-order valence-electron chi connectivity index (χ2n) is 4.64. The smallest absolute Gasteiger partial charge is 0.311 e. The number of nitrogens with one attached hydrogen (secondary N) is 2. The minimum absolute atomic E-state index is 0.0687. The molecule has 0 saturated carbocycles. The molecule has 2 rings (SSSR count). The fraction of sp³-hybridized carbons (Fsp3) is 0.500. The first-order chi connectivity index (χ1) is 9.54. The molecule has 0 radical (unpaired) electrons. The lowest BCUT2D eigenvalue weighted by Crippen LogP contribution is -2.58. The van der Waals surface area contributed by atoms with Crippen molar-refractivity contribution in [2.45, 2.75) is 13.0 Å². The zero-order chi connectivity index (χ0) is 14.7. The molecular formula is C12H17N5O3. The number of rotatable bonds is 3. The van der Waals surface area contributed by atoms with Crippen molar-refractivity contribution in [3.8, 4) is 0 Å². The molecule has 2 heterocycles. The summed E-state index contributed by atoms with van der Waals surface area (Å²) >= 11 is 0. The molecular weight excluding hydrogens is 262 g/mol. The van der Waals surface area contributed by atoms with E-state index in [0.29, 0.717) is 25.2 Å². The lowest BCUT2D eigenvalue weighted by molar-refractivity contribution is -0.384. The largest absolute Gasteiger partial charge is 0.357 e. The highest BCUT2D eigenvalue weighted by Gasteiger charge is 2.33. The van der Waals surface area contributed by atoms with Gasteiger partial charge < -0.3 is 15.5 Å². The Morgan fingerprint density at radius 3 is 3.05 bits per heavy atom. The van der Waals surface area contributed by atoms with Crippen LogP contribution < -0.4 is 15.5 Å². The lowest BCUT2D eigenvalue weighted by Gasteiger charge is -2.35. The maximum Gasteiger partial charge on any atom is 0.311 e. The molecule has 1 aromatic heterocycles. The first kappa shape index (κ1) is 14.2. The van der Waals surface area contributed by atoms with E-state index in [1.807, 2.05) is 0 Å². The number of nitrogens with zero attached hydrogens (tertiary/aromatic N) is 3. The lowest BCUT2D eigenvalue weighted by atomic mass is 10.1. The van der Waals surface area contributed by atoms with Gasteiger partial charge in [0.2, 0.25) is 11.7 Å². The third kappa shape index (κ3) is 2.69. The van der Waals surface area contributed by atoms with Gasteiger partial charge in [-0.15, -0.1) is 0 Å². The van der Waals surface area contributed by atoms with Crippen molar-refractivity contribution in [3.05, 3.63) is 27.9 Å². The summed E-state index contributed by atoms with van der Waals surface area (Å²) in [5.74, 6) is 0.0598. The molecule has 8 heteroatoms. The summed E-state index contributed by atoms with van der Waals surface area (Å²) in [6.07, 6.45) is 1.57. The normalized spacial score (nSPS) is 18.7. The number of piperazine rings is 1. The van der Waals surface area contributed by atoms with Gasteiger partial charge >= 0.3 is 5.69 Å². The van der Waals surface area contributed by atoms with Gasteiger partial charge in [0.25, 0.3) is 0 Å². The van der Waals surface area contributed by atoms with Crippen molar-refractivity contribution in [1.29, 1.82) is 0 Å². The third-order valence-electron chi connectivity index (χ3n) is 3.25. The SMILES string of the molecule is CNC(=O)C1CNCCN1c1ncc(C)cc1[N+](=O)[O-]. The van der Waals surface area contributed by atoms with Crippen LogP contribution in [0.4, 0.5) is 11.5 Å². The van der Waals surface area contributed by atoms with E-state index in [1.165, 1.54) is 6.07 Å². The van der Waals surface area contributed by atoms with Gasteiger partial charge in [-0.3, -0.25) is 14.9 Å². The average Bonchev–Trinajstić information content (AvgIpc) is 2.46. The van der Waals surface area contributed by atoms with Crippen LogP contribution in [0.2, 0.25) is 0 Å². The van der Waals surface area contributed by atoms with E-state index >= 15 is 0 Å². The van der Waals surface area contributed by atoms with Gasteiger partial charge in [-0.1, -0.05) is 0 Å². The van der Waals surface area contributed by atoms with Crippen molar-refractivity contribution in [3.63, 3.8) is 0 Å². The maximum absolute atomic E-state index is 11.9. The Kier molecular flexibility index (Phi) is 4.14. The van der Waals surface area contributed by atoms with Crippen LogP contribution in [0, 0.1) is 17.0 Å². The summed E-state index contributed by atoms with van der Waals surface area (Å²) < 4.78 is 0. The number of aryl methyl sites for hydroxylation is 1. The van der Waals surface area contributed by atoms with Gasteiger partial charge in [-0.25, -0.2) is 4.98 Å². The second-order valence-corrected chi connectivity index (χ2v) is 4.64. The van der Waals surface area contributed by atoms with Crippen molar-refractivity contribution in [1.82, 2.24) is 15.6 Å². The van der Waals surface area contributed by atoms with Crippen LogP contribution in [-0.2, 0) is 4.79 Å². The number of aromatic nitrogens is 1. The summed E-state index contributed by atoms with van der Waals surface area (Å²) in [7, 11) is 1.55. The van der Waals surface area contributed by atoms with Crippen LogP contribution in [-0.4, -0.2) is 48.5 Å². The molecule has 1 aromatic rings. The molecule has 0 bridgehead atoms. The van der Waals surface area contributed by atoms with Crippen LogP contribution in [0.3, 0.4) is 0 Å². The summed E-state index contributed by atoms with van der Waals surface area (Å²) in [5, 5.41) is 16.9. The molecule has 0 aliphatic carbocycles. The third-order valence-corrected chi connectivity index (χ3v) is 3.25. The molecule has 0 spiro atoms. The molecule has 1 amide bonds. The molecule has 2 N–H and O–H groups in total. The van der Waals surface area contributed by atoms with Gasteiger partial charge in [0.1, 0.15) is 6.04 Å². The van der Waals surface area contributed by atoms with Gasteiger partial charge in [-0.05, 0) is 12.5 Å². The Morgan fingerprint density at radius 1 is 1.65 bits per heavy atom. The van der Waals surface area contributed by atoms with Crippen molar-refractivity contribution in [2.24, 2.45) is 0 Å². The quantitative estimate of drug-likeness (QED) is 0.588. The summed E-state index contributed by atoms with van der Waals surface area (Å²) in [6.45, 7) is 3.33. The van der Waals surface area contributed by atoms with Crippen LogP contribution in [0.15, 0.2) is 12.3 Å². The maximum atomic E-state index is 11.9. The Hall–Kier alpha value is -2.22. The highest BCUT2D eigenvalue weighted by molar-refractivity contribution is 5.86. The minimum Gasteiger partial charge on any atom is -0.357 e. The molecule has 1 fully saturated rings. The average molecular weight is 279 g/mol. The van der Waals surface area contributed by atoms with Crippen LogP contribution in [0.25, 0.3) is 0 Å². The van der Waals surface area contributed by atoms with Crippen molar-refractivity contribution in [2.75, 3.05) is 31.6 Å². The highest BCUT2D eigenvalue weighted by Crippen LogP contribution is 2.28. The number of hydrogen-bond acceptors (Lipinski definition) is 6. The molecule has 1 unspecified atom stereocenters. The first-order valence-electron chi connectivity index (χ1n) is 6.34. The van der Waals surface area contributed by atoms with Crippen LogP contribution in [0.1, 0.15) is 5.56 Å². The summed E-state index contributed by atoms with van der Waals surface area (Å²) in [4.78, 5) is 28.5. The molecule has 1 saturated heterocycles. The zero-order valence-electron chi connectivity index (χ0n) is 11.4. The molecule has 1 atom stereocenters. The number of amides is 1. The van der Waals surface area contributed by atoms with E-state index in [9.17, 15) is 14.9 Å². The Labute approximate surface area is 116 Å². The predicted octanol–water partition coefficient (Wildman–Crippen LogP) is -0.178. The monoisotopic (exact) mass is 279 g/mol. The molecule has 0 aromatic carbocycles. The van der Waals surface area contributed by atoms with E-state index in [4.69, 9.17) is 0 Å². The van der Waals surface area contributed by atoms with Gasteiger partial charge in [0, 0.05) is 38.9 Å².